The zero-order chi connectivity index (χ0) is 14.7. The minimum Gasteiger partial charge on any atom is -0.468 e. The van der Waals surface area contributed by atoms with Crippen LogP contribution < -0.4 is 9.61 Å². The molecule has 0 aliphatic heterocycles. The van der Waals surface area contributed by atoms with Crippen molar-refractivity contribution in [1.29, 1.82) is 0 Å². The zero-order valence-electron chi connectivity index (χ0n) is 11.3. The van der Waals surface area contributed by atoms with Gasteiger partial charge in [0, 0.05) is 11.7 Å². The zero-order valence-corrected chi connectivity index (χ0v) is 12.9. The van der Waals surface area contributed by atoms with Crippen LogP contribution >= 0.6 is 19.1 Å². The van der Waals surface area contributed by atoms with Crippen LogP contribution in [0.15, 0.2) is 24.3 Å². The number of rotatable bonds is 5. The van der Waals surface area contributed by atoms with Gasteiger partial charge in [-0.3, -0.25) is 9.36 Å². The molecule has 7 heteroatoms. The van der Waals surface area contributed by atoms with Gasteiger partial charge in [0.25, 0.3) is 0 Å². The van der Waals surface area contributed by atoms with Crippen molar-refractivity contribution in [2.75, 3.05) is 13.8 Å². The van der Waals surface area contributed by atoms with Crippen LogP contribution in [-0.4, -0.2) is 25.3 Å². The number of carbonyl (C=O) groups is 1. The van der Waals surface area contributed by atoms with Crippen LogP contribution in [0, 0.1) is 0 Å². The number of benzene rings is 1. The van der Waals surface area contributed by atoms with E-state index in [1.807, 2.05) is 0 Å². The van der Waals surface area contributed by atoms with E-state index >= 15 is 0 Å². The highest BCUT2D eigenvalue weighted by Gasteiger charge is 2.35. The predicted octanol–water partition coefficient (Wildman–Crippen LogP) is 3.08. The Morgan fingerprint density at radius 1 is 1.32 bits per heavy atom. The molecular weight excluding hydrogens is 289 g/mol. The van der Waals surface area contributed by atoms with Crippen LogP contribution in [0.4, 0.5) is 0 Å². The van der Waals surface area contributed by atoms with Crippen molar-refractivity contribution >= 4 is 25.1 Å². The van der Waals surface area contributed by atoms with E-state index in [1.54, 1.807) is 38.1 Å². The van der Waals surface area contributed by atoms with E-state index in [-0.39, 0.29) is 0 Å². The van der Waals surface area contributed by atoms with Crippen molar-refractivity contribution in [2.45, 2.75) is 19.4 Å². The van der Waals surface area contributed by atoms with E-state index in [1.165, 1.54) is 13.8 Å². The normalized spacial score (nSPS) is 14.6. The van der Waals surface area contributed by atoms with E-state index in [9.17, 15) is 9.36 Å². The second kappa shape index (κ2) is 5.95. The van der Waals surface area contributed by atoms with Crippen molar-refractivity contribution in [3.05, 3.63) is 29.3 Å². The van der Waals surface area contributed by atoms with Gasteiger partial charge in [0.1, 0.15) is 11.3 Å². The van der Waals surface area contributed by atoms with Gasteiger partial charge in [0.15, 0.2) is 0 Å². The first-order chi connectivity index (χ1) is 8.66. The lowest BCUT2D eigenvalue weighted by atomic mass is 10.1. The van der Waals surface area contributed by atoms with E-state index in [2.05, 4.69) is 9.82 Å². The fourth-order valence-corrected chi connectivity index (χ4v) is 3.33. The van der Waals surface area contributed by atoms with Crippen molar-refractivity contribution in [3.63, 3.8) is 0 Å². The maximum Gasteiger partial charge on any atom is 0.325 e. The Bertz CT molecular complexity index is 501. The van der Waals surface area contributed by atoms with Gasteiger partial charge in [-0.15, -0.1) is 0 Å². The number of methoxy groups -OCH3 is 1. The lowest BCUT2D eigenvalue weighted by Gasteiger charge is -2.27. The third kappa shape index (κ3) is 4.86. The molecular formula is C12H17ClNO4P. The fraction of sp³-hybridized carbons (Fsp3) is 0.417. The molecule has 1 aromatic carbocycles. The average molecular weight is 306 g/mol. The van der Waals surface area contributed by atoms with Gasteiger partial charge in [-0.2, -0.15) is 0 Å². The Morgan fingerprint density at radius 3 is 2.32 bits per heavy atom. The topological polar surface area (TPSA) is 64.6 Å². The highest BCUT2D eigenvalue weighted by Crippen LogP contribution is 2.41. The average Bonchev–Trinajstić information content (AvgIpc) is 2.29. The number of halogens is 1. The molecule has 5 nitrogen and oxygen atoms in total. The summed E-state index contributed by atoms with van der Waals surface area (Å²) in [6, 6.07) is 6.46. The molecule has 1 unspecified atom stereocenters. The highest BCUT2D eigenvalue weighted by atomic mass is 35.5. The molecule has 0 saturated carbocycles. The Kier molecular flexibility index (Phi) is 5.02. The molecule has 0 heterocycles. The maximum absolute atomic E-state index is 12.3. The molecule has 0 radical (unpaired) electrons. The Hall–Kier alpha value is -1.03. The Morgan fingerprint density at radius 2 is 1.84 bits per heavy atom. The molecule has 1 rings (SSSR count). The molecule has 0 spiro atoms. The summed E-state index contributed by atoms with van der Waals surface area (Å²) in [6.07, 6.45) is 0. The minimum absolute atomic E-state index is 0.406. The number of carbonyl (C=O) groups excluding carboxylic acids is 1. The molecule has 0 aromatic heterocycles. The summed E-state index contributed by atoms with van der Waals surface area (Å²) in [5.74, 6) is -0.113. The third-order valence-electron chi connectivity index (χ3n) is 2.27. The quantitative estimate of drug-likeness (QED) is 0.669. The highest BCUT2D eigenvalue weighted by molar-refractivity contribution is 7.56. The maximum atomic E-state index is 12.3. The van der Waals surface area contributed by atoms with E-state index in [0.29, 0.717) is 10.8 Å². The van der Waals surface area contributed by atoms with Gasteiger partial charge < -0.3 is 9.26 Å². The molecule has 1 aromatic rings. The SMILES string of the molecule is COC(=O)C(C)(C)NP(C)(=O)Oc1ccc(Cl)cc1. The Labute approximate surface area is 117 Å². The number of esters is 1. The van der Waals surface area contributed by atoms with Crippen LogP contribution in [0.5, 0.6) is 5.75 Å². The predicted molar refractivity (Wildman–Crippen MR) is 74.8 cm³/mol. The van der Waals surface area contributed by atoms with Gasteiger partial charge >= 0.3 is 13.5 Å². The van der Waals surface area contributed by atoms with Crippen LogP contribution in [0.1, 0.15) is 13.8 Å². The van der Waals surface area contributed by atoms with Crippen LogP contribution in [0.2, 0.25) is 5.02 Å². The third-order valence-corrected chi connectivity index (χ3v) is 4.05. The summed E-state index contributed by atoms with van der Waals surface area (Å²) in [5.41, 5.74) is -1.11. The summed E-state index contributed by atoms with van der Waals surface area (Å²) < 4.78 is 22.3. The summed E-state index contributed by atoms with van der Waals surface area (Å²) in [7, 11) is -1.94. The minimum atomic E-state index is -3.21. The van der Waals surface area contributed by atoms with Crippen LogP contribution in [0.3, 0.4) is 0 Å². The lowest BCUT2D eigenvalue weighted by molar-refractivity contribution is -0.146. The number of ether oxygens (including phenoxy) is 1. The largest absolute Gasteiger partial charge is 0.468 e. The molecule has 0 aliphatic carbocycles. The van der Waals surface area contributed by atoms with Crippen LogP contribution in [0.25, 0.3) is 0 Å². The molecule has 0 fully saturated rings. The first-order valence-electron chi connectivity index (χ1n) is 5.57. The lowest BCUT2D eigenvalue weighted by Crippen LogP contribution is -2.46. The van der Waals surface area contributed by atoms with Crippen molar-refractivity contribution in [1.82, 2.24) is 5.09 Å². The molecule has 0 amide bonds. The second-order valence-electron chi connectivity index (χ2n) is 4.62. The fourth-order valence-electron chi connectivity index (χ4n) is 1.53. The molecule has 0 aliphatic rings. The van der Waals surface area contributed by atoms with Gasteiger partial charge in [0.2, 0.25) is 0 Å². The second-order valence-corrected chi connectivity index (χ2v) is 7.15. The first-order valence-corrected chi connectivity index (χ1v) is 8.02. The molecule has 0 saturated heterocycles. The summed E-state index contributed by atoms with van der Waals surface area (Å²) in [4.78, 5) is 11.5. The van der Waals surface area contributed by atoms with Gasteiger partial charge in [-0.05, 0) is 38.1 Å². The molecule has 0 bridgehead atoms. The van der Waals surface area contributed by atoms with Gasteiger partial charge in [0.05, 0.1) is 7.11 Å². The molecule has 1 N–H and O–H groups in total. The number of hydrogen-bond acceptors (Lipinski definition) is 4. The number of hydrogen-bond donors (Lipinski definition) is 1. The summed E-state index contributed by atoms with van der Waals surface area (Å²) in [5, 5.41) is 3.23. The smallest absolute Gasteiger partial charge is 0.325 e. The summed E-state index contributed by atoms with van der Waals surface area (Å²) >= 11 is 5.75. The van der Waals surface area contributed by atoms with E-state index in [0.717, 1.165) is 0 Å². The van der Waals surface area contributed by atoms with E-state index in [4.69, 9.17) is 16.1 Å². The summed E-state index contributed by atoms with van der Waals surface area (Å²) in [6.45, 7) is 4.53. The first kappa shape index (κ1) is 16.0. The van der Waals surface area contributed by atoms with E-state index < -0.39 is 19.0 Å². The number of nitrogens with one attached hydrogen (secondary N) is 1. The van der Waals surface area contributed by atoms with Crippen molar-refractivity contribution < 1.29 is 18.6 Å². The molecule has 106 valence electrons. The molecule has 1 atom stereocenters. The van der Waals surface area contributed by atoms with Crippen LogP contribution in [-0.2, 0) is 14.1 Å². The van der Waals surface area contributed by atoms with Crippen molar-refractivity contribution in [2.24, 2.45) is 0 Å². The molecule has 19 heavy (non-hydrogen) atoms. The van der Waals surface area contributed by atoms with Gasteiger partial charge in [-0.1, -0.05) is 11.6 Å². The van der Waals surface area contributed by atoms with Crippen molar-refractivity contribution in [3.8, 4) is 5.75 Å². The monoisotopic (exact) mass is 305 g/mol. The standard InChI is InChI=1S/C12H17ClNO4P/c1-12(2,11(15)17-3)14-19(4,16)18-10-7-5-9(13)6-8-10/h5-8H,1-4H3,(H,14,16). The Balaban J connectivity index is 2.79. The van der Waals surface area contributed by atoms with Gasteiger partial charge in [-0.25, -0.2) is 5.09 Å².